The zero-order valence-electron chi connectivity index (χ0n) is 9.52. The molecule has 0 saturated heterocycles. The fourth-order valence-electron chi connectivity index (χ4n) is 1.63. The zero-order valence-corrected chi connectivity index (χ0v) is 10.3. The number of nitrogens with zero attached hydrogens (tertiary/aromatic N) is 2. The summed E-state index contributed by atoms with van der Waals surface area (Å²) in [6.07, 6.45) is 1.44. The molecule has 1 aromatic carbocycles. The van der Waals surface area contributed by atoms with Crippen LogP contribution in [0.2, 0.25) is 5.02 Å². The van der Waals surface area contributed by atoms with E-state index in [0.717, 1.165) is 5.56 Å². The van der Waals surface area contributed by atoms with Gasteiger partial charge in [0.2, 0.25) is 0 Å². The van der Waals surface area contributed by atoms with Crippen molar-refractivity contribution in [1.82, 2.24) is 9.78 Å². The summed E-state index contributed by atoms with van der Waals surface area (Å²) in [6, 6.07) is 4.35. The Morgan fingerprint density at radius 1 is 1.56 bits per heavy atom. The smallest absolute Gasteiger partial charge is 0.339 e. The first-order valence-electron chi connectivity index (χ1n) is 5.18. The maximum atomic E-state index is 13.0. The monoisotopic (exact) mass is 268 g/mol. The van der Waals surface area contributed by atoms with Gasteiger partial charge in [-0.1, -0.05) is 17.7 Å². The molecular weight excluding hydrogens is 259 g/mol. The first-order chi connectivity index (χ1) is 8.47. The minimum Gasteiger partial charge on any atom is -0.478 e. The van der Waals surface area contributed by atoms with Gasteiger partial charge in [0, 0.05) is 6.20 Å². The highest BCUT2D eigenvalue weighted by molar-refractivity contribution is 6.30. The molecule has 94 valence electrons. The Bertz CT molecular complexity index is 610. The second-order valence-corrected chi connectivity index (χ2v) is 4.29. The number of halogens is 2. The van der Waals surface area contributed by atoms with Crippen molar-refractivity contribution < 1.29 is 14.3 Å². The zero-order chi connectivity index (χ0) is 13.3. The van der Waals surface area contributed by atoms with Gasteiger partial charge < -0.3 is 5.11 Å². The molecule has 1 heterocycles. The molecule has 0 atom stereocenters. The second-order valence-electron chi connectivity index (χ2n) is 3.88. The van der Waals surface area contributed by atoms with Crippen LogP contribution < -0.4 is 0 Å². The molecular formula is C12H10ClFN2O2. The van der Waals surface area contributed by atoms with E-state index in [4.69, 9.17) is 16.7 Å². The average molecular weight is 269 g/mol. The first kappa shape index (κ1) is 12.6. The first-order valence-corrected chi connectivity index (χ1v) is 5.56. The number of carbonyl (C=O) groups is 1. The summed E-state index contributed by atoms with van der Waals surface area (Å²) in [5.41, 5.74) is 1.35. The molecule has 0 radical (unpaired) electrons. The van der Waals surface area contributed by atoms with E-state index in [2.05, 4.69) is 5.10 Å². The maximum Gasteiger partial charge on any atom is 0.339 e. The highest BCUT2D eigenvalue weighted by Gasteiger charge is 2.12. The van der Waals surface area contributed by atoms with Crippen LogP contribution in [0.25, 0.3) is 0 Å². The highest BCUT2D eigenvalue weighted by Crippen LogP contribution is 2.17. The highest BCUT2D eigenvalue weighted by atomic mass is 35.5. The standard InChI is InChI=1S/C12H10ClFN2O2/c1-7-9(12(17)18)6-16(15-7)5-8-2-3-11(14)10(13)4-8/h2-4,6H,5H2,1H3,(H,17,18). The predicted octanol–water partition coefficient (Wildman–Crippen LogP) is 2.73. The Morgan fingerprint density at radius 2 is 2.28 bits per heavy atom. The van der Waals surface area contributed by atoms with E-state index < -0.39 is 11.8 Å². The van der Waals surface area contributed by atoms with E-state index in [1.54, 1.807) is 13.0 Å². The molecule has 1 aromatic heterocycles. The number of carboxylic acid groups (broad SMARTS) is 1. The number of benzene rings is 1. The number of hydrogen-bond donors (Lipinski definition) is 1. The molecule has 0 unspecified atom stereocenters. The molecule has 2 aromatic rings. The lowest BCUT2D eigenvalue weighted by atomic mass is 10.2. The Balaban J connectivity index is 2.26. The van der Waals surface area contributed by atoms with Crippen molar-refractivity contribution in [1.29, 1.82) is 0 Å². The SMILES string of the molecule is Cc1nn(Cc2ccc(F)c(Cl)c2)cc1C(=O)O. The molecule has 0 bridgehead atoms. The summed E-state index contributed by atoms with van der Waals surface area (Å²) in [4.78, 5) is 10.9. The van der Waals surface area contributed by atoms with Gasteiger partial charge in [0.15, 0.2) is 0 Å². The van der Waals surface area contributed by atoms with Gasteiger partial charge in [0.25, 0.3) is 0 Å². The summed E-state index contributed by atoms with van der Waals surface area (Å²) < 4.78 is 14.5. The molecule has 0 aliphatic rings. The van der Waals surface area contributed by atoms with Crippen molar-refractivity contribution in [2.45, 2.75) is 13.5 Å². The van der Waals surface area contributed by atoms with Crippen molar-refractivity contribution in [3.8, 4) is 0 Å². The number of aryl methyl sites for hydroxylation is 1. The average Bonchev–Trinajstić information content (AvgIpc) is 2.65. The van der Waals surface area contributed by atoms with Crippen molar-refractivity contribution in [2.75, 3.05) is 0 Å². The normalized spacial score (nSPS) is 10.6. The number of aromatic carboxylic acids is 1. The Morgan fingerprint density at radius 3 is 2.83 bits per heavy atom. The molecule has 0 spiro atoms. The summed E-state index contributed by atoms with van der Waals surface area (Å²) in [5.74, 6) is -1.50. The fraction of sp³-hybridized carbons (Fsp3) is 0.167. The summed E-state index contributed by atoms with van der Waals surface area (Å²) in [5, 5.41) is 13.0. The molecule has 1 N–H and O–H groups in total. The van der Waals surface area contributed by atoms with Gasteiger partial charge in [0.1, 0.15) is 11.4 Å². The van der Waals surface area contributed by atoms with Crippen LogP contribution in [0.3, 0.4) is 0 Å². The van der Waals surface area contributed by atoms with Crippen LogP contribution in [0.1, 0.15) is 21.6 Å². The molecule has 6 heteroatoms. The third-order valence-corrected chi connectivity index (χ3v) is 2.79. The van der Waals surface area contributed by atoms with Gasteiger partial charge in [0.05, 0.1) is 17.3 Å². The number of carboxylic acids is 1. The summed E-state index contributed by atoms with van der Waals surface area (Å²) in [6.45, 7) is 1.96. The quantitative estimate of drug-likeness (QED) is 0.931. The number of rotatable bonds is 3. The number of hydrogen-bond acceptors (Lipinski definition) is 2. The Labute approximate surface area is 108 Å². The topological polar surface area (TPSA) is 55.1 Å². The maximum absolute atomic E-state index is 13.0. The van der Waals surface area contributed by atoms with Crippen LogP contribution >= 0.6 is 11.6 Å². The largest absolute Gasteiger partial charge is 0.478 e. The van der Waals surface area contributed by atoms with E-state index >= 15 is 0 Å². The lowest BCUT2D eigenvalue weighted by molar-refractivity contribution is 0.0696. The minimum atomic E-state index is -1.02. The van der Waals surface area contributed by atoms with Crippen molar-refractivity contribution in [3.63, 3.8) is 0 Å². The Kier molecular flexibility index (Phi) is 3.34. The van der Waals surface area contributed by atoms with Gasteiger partial charge in [-0.15, -0.1) is 0 Å². The molecule has 18 heavy (non-hydrogen) atoms. The van der Waals surface area contributed by atoms with Gasteiger partial charge >= 0.3 is 5.97 Å². The molecule has 0 aliphatic heterocycles. The number of aromatic nitrogens is 2. The summed E-state index contributed by atoms with van der Waals surface area (Å²) in [7, 11) is 0. The van der Waals surface area contributed by atoms with Gasteiger partial charge in [-0.05, 0) is 24.6 Å². The molecule has 0 fully saturated rings. The van der Waals surface area contributed by atoms with E-state index in [1.165, 1.54) is 23.0 Å². The van der Waals surface area contributed by atoms with E-state index in [-0.39, 0.29) is 10.6 Å². The predicted molar refractivity (Wildman–Crippen MR) is 64.4 cm³/mol. The second kappa shape index (κ2) is 4.78. The van der Waals surface area contributed by atoms with Crippen LogP contribution in [0, 0.1) is 12.7 Å². The van der Waals surface area contributed by atoms with Gasteiger partial charge in [-0.2, -0.15) is 5.10 Å². The molecule has 2 rings (SSSR count). The lowest BCUT2D eigenvalue weighted by Gasteiger charge is -2.02. The molecule has 0 amide bonds. The van der Waals surface area contributed by atoms with Crippen LogP contribution in [0.5, 0.6) is 0 Å². The van der Waals surface area contributed by atoms with Crippen LogP contribution in [0.15, 0.2) is 24.4 Å². The van der Waals surface area contributed by atoms with Gasteiger partial charge in [-0.3, -0.25) is 4.68 Å². The molecule has 4 nitrogen and oxygen atoms in total. The Hall–Kier alpha value is -1.88. The van der Waals surface area contributed by atoms with Crippen molar-refractivity contribution >= 4 is 17.6 Å². The van der Waals surface area contributed by atoms with E-state index in [0.29, 0.717) is 12.2 Å². The fourth-order valence-corrected chi connectivity index (χ4v) is 1.84. The third-order valence-electron chi connectivity index (χ3n) is 2.51. The van der Waals surface area contributed by atoms with E-state index in [9.17, 15) is 9.18 Å². The van der Waals surface area contributed by atoms with Crippen molar-refractivity contribution in [2.24, 2.45) is 0 Å². The van der Waals surface area contributed by atoms with E-state index in [1.807, 2.05) is 0 Å². The van der Waals surface area contributed by atoms with Crippen LogP contribution in [-0.4, -0.2) is 20.9 Å². The minimum absolute atomic E-state index is 0.0369. The molecule has 0 saturated carbocycles. The van der Waals surface area contributed by atoms with Crippen LogP contribution in [-0.2, 0) is 6.54 Å². The molecule has 0 aliphatic carbocycles. The van der Waals surface area contributed by atoms with Crippen LogP contribution in [0.4, 0.5) is 4.39 Å². The lowest BCUT2D eigenvalue weighted by Crippen LogP contribution is -2.01. The summed E-state index contributed by atoms with van der Waals surface area (Å²) >= 11 is 5.67. The third kappa shape index (κ3) is 2.51. The van der Waals surface area contributed by atoms with Crippen molar-refractivity contribution in [3.05, 3.63) is 52.1 Å². The van der Waals surface area contributed by atoms with Gasteiger partial charge in [-0.25, -0.2) is 9.18 Å².